The van der Waals surface area contributed by atoms with Gasteiger partial charge >= 0.3 is 5.97 Å². The van der Waals surface area contributed by atoms with E-state index in [9.17, 15) is 9.59 Å². The number of carboxylic acid groups (broad SMARTS) is 1. The topological polar surface area (TPSA) is 70.5 Å². The van der Waals surface area contributed by atoms with Crippen molar-refractivity contribution in [2.24, 2.45) is 5.92 Å². The average Bonchev–Trinajstić information content (AvgIpc) is 2.96. The van der Waals surface area contributed by atoms with Crippen molar-refractivity contribution in [3.05, 3.63) is 30.1 Å². The Morgan fingerprint density at radius 3 is 2.83 bits per heavy atom. The van der Waals surface area contributed by atoms with Crippen molar-refractivity contribution in [2.75, 3.05) is 0 Å². The van der Waals surface area contributed by atoms with Gasteiger partial charge in [0.2, 0.25) is 0 Å². The zero-order valence-corrected chi connectivity index (χ0v) is 9.82. The van der Waals surface area contributed by atoms with Gasteiger partial charge in [0.1, 0.15) is 0 Å². The average molecular weight is 246 g/mol. The van der Waals surface area contributed by atoms with E-state index in [-0.39, 0.29) is 18.0 Å². The SMILES string of the molecule is O=C(O)C1CC2CCC1N2C(=O)c1cccnc1. The lowest BCUT2D eigenvalue weighted by molar-refractivity contribution is -0.142. The summed E-state index contributed by atoms with van der Waals surface area (Å²) in [6.45, 7) is 0. The molecule has 5 nitrogen and oxygen atoms in total. The Kier molecular flexibility index (Phi) is 2.54. The molecule has 1 N–H and O–H groups in total. The number of carboxylic acids is 1. The van der Waals surface area contributed by atoms with Gasteiger partial charge in [-0.25, -0.2) is 0 Å². The van der Waals surface area contributed by atoms with Crippen molar-refractivity contribution in [1.29, 1.82) is 0 Å². The van der Waals surface area contributed by atoms with Gasteiger partial charge in [-0.2, -0.15) is 0 Å². The second kappa shape index (κ2) is 4.08. The van der Waals surface area contributed by atoms with Crippen molar-refractivity contribution in [3.8, 4) is 0 Å². The van der Waals surface area contributed by atoms with Gasteiger partial charge in [0.15, 0.2) is 0 Å². The molecule has 2 aliphatic rings. The number of carbonyl (C=O) groups excluding carboxylic acids is 1. The van der Waals surface area contributed by atoms with E-state index in [1.54, 1.807) is 23.2 Å². The first-order valence-corrected chi connectivity index (χ1v) is 6.14. The first-order valence-electron chi connectivity index (χ1n) is 6.14. The quantitative estimate of drug-likeness (QED) is 0.850. The van der Waals surface area contributed by atoms with Crippen molar-refractivity contribution < 1.29 is 14.7 Å². The Labute approximate surface area is 104 Å². The van der Waals surface area contributed by atoms with Gasteiger partial charge in [-0.3, -0.25) is 14.6 Å². The first-order chi connectivity index (χ1) is 8.68. The normalized spacial score (nSPS) is 29.6. The van der Waals surface area contributed by atoms with Crippen LogP contribution < -0.4 is 0 Å². The maximum atomic E-state index is 12.4. The largest absolute Gasteiger partial charge is 0.481 e. The van der Waals surface area contributed by atoms with E-state index in [0.29, 0.717) is 12.0 Å². The number of nitrogens with zero attached hydrogens (tertiary/aromatic N) is 2. The summed E-state index contributed by atoms with van der Waals surface area (Å²) in [6, 6.07) is 3.40. The minimum absolute atomic E-state index is 0.0839. The predicted molar refractivity (Wildman–Crippen MR) is 63.0 cm³/mol. The van der Waals surface area contributed by atoms with Crippen LogP contribution in [0.1, 0.15) is 29.6 Å². The molecule has 3 heterocycles. The van der Waals surface area contributed by atoms with Crippen LogP contribution in [0.25, 0.3) is 0 Å². The molecule has 0 spiro atoms. The van der Waals surface area contributed by atoms with E-state index in [1.165, 1.54) is 6.20 Å². The molecule has 2 aliphatic heterocycles. The van der Waals surface area contributed by atoms with Crippen LogP contribution in [0.4, 0.5) is 0 Å². The van der Waals surface area contributed by atoms with Gasteiger partial charge in [-0.1, -0.05) is 0 Å². The summed E-state index contributed by atoms with van der Waals surface area (Å²) in [4.78, 5) is 29.2. The molecule has 0 radical (unpaired) electrons. The minimum Gasteiger partial charge on any atom is -0.481 e. The molecule has 3 rings (SSSR count). The van der Waals surface area contributed by atoms with Crippen LogP contribution in [0.15, 0.2) is 24.5 Å². The molecule has 0 saturated carbocycles. The molecule has 2 bridgehead atoms. The molecule has 1 amide bonds. The highest BCUT2D eigenvalue weighted by Gasteiger charge is 2.51. The summed E-state index contributed by atoms with van der Waals surface area (Å²) in [5.41, 5.74) is 0.542. The molecule has 2 fully saturated rings. The Balaban J connectivity index is 1.86. The third kappa shape index (κ3) is 1.58. The molecule has 0 aromatic carbocycles. The molecule has 1 aromatic heterocycles. The number of carbonyl (C=O) groups is 2. The van der Waals surface area contributed by atoms with Crippen LogP contribution >= 0.6 is 0 Å². The number of amides is 1. The molecule has 3 unspecified atom stereocenters. The number of pyridine rings is 1. The fourth-order valence-corrected chi connectivity index (χ4v) is 3.21. The highest BCUT2D eigenvalue weighted by Crippen LogP contribution is 2.42. The molecule has 0 aliphatic carbocycles. The molecule has 94 valence electrons. The fraction of sp³-hybridized carbons (Fsp3) is 0.462. The summed E-state index contributed by atoms with van der Waals surface area (Å²) < 4.78 is 0. The summed E-state index contributed by atoms with van der Waals surface area (Å²) in [7, 11) is 0. The summed E-state index contributed by atoms with van der Waals surface area (Å²) in [6.07, 6.45) is 5.46. The highest BCUT2D eigenvalue weighted by atomic mass is 16.4. The van der Waals surface area contributed by atoms with Gasteiger partial charge < -0.3 is 10.0 Å². The van der Waals surface area contributed by atoms with E-state index in [2.05, 4.69) is 4.98 Å². The van der Waals surface area contributed by atoms with E-state index in [1.807, 2.05) is 0 Å². The van der Waals surface area contributed by atoms with Crippen LogP contribution in [0.3, 0.4) is 0 Å². The lowest BCUT2D eigenvalue weighted by Gasteiger charge is -2.22. The summed E-state index contributed by atoms with van der Waals surface area (Å²) >= 11 is 0. The molecule has 3 atom stereocenters. The molecular weight excluding hydrogens is 232 g/mol. The maximum absolute atomic E-state index is 12.4. The molecule has 1 aromatic rings. The smallest absolute Gasteiger partial charge is 0.308 e. The standard InChI is InChI=1S/C13H14N2O3/c16-12(8-2-1-5-14-7-8)15-9-3-4-11(15)10(6-9)13(17)18/h1-2,5,7,9-11H,3-4,6H2,(H,17,18). The lowest BCUT2D eigenvalue weighted by atomic mass is 9.89. The van der Waals surface area contributed by atoms with Crippen LogP contribution in [-0.2, 0) is 4.79 Å². The van der Waals surface area contributed by atoms with Crippen LogP contribution in [0.5, 0.6) is 0 Å². The van der Waals surface area contributed by atoms with Gasteiger partial charge in [-0.15, -0.1) is 0 Å². The molecule has 18 heavy (non-hydrogen) atoms. The van der Waals surface area contributed by atoms with E-state index in [0.717, 1.165) is 12.8 Å². The van der Waals surface area contributed by atoms with Gasteiger partial charge in [0.25, 0.3) is 5.91 Å². The first kappa shape index (κ1) is 11.2. The van der Waals surface area contributed by atoms with Crippen LogP contribution in [0, 0.1) is 5.92 Å². The van der Waals surface area contributed by atoms with Gasteiger partial charge in [0.05, 0.1) is 11.5 Å². The van der Waals surface area contributed by atoms with Crippen LogP contribution in [0.2, 0.25) is 0 Å². The molecule has 5 heteroatoms. The minimum atomic E-state index is -0.786. The molecule has 2 saturated heterocycles. The predicted octanol–water partition coefficient (Wildman–Crippen LogP) is 1.16. The Bertz CT molecular complexity index is 488. The number of aromatic nitrogens is 1. The lowest BCUT2D eigenvalue weighted by Crippen LogP contribution is -2.37. The van der Waals surface area contributed by atoms with Crippen molar-refractivity contribution in [1.82, 2.24) is 9.88 Å². The number of rotatable bonds is 2. The highest BCUT2D eigenvalue weighted by molar-refractivity contribution is 5.95. The number of aliphatic carboxylic acids is 1. The van der Waals surface area contributed by atoms with Gasteiger partial charge in [-0.05, 0) is 31.4 Å². The summed E-state index contributed by atoms with van der Waals surface area (Å²) in [5, 5.41) is 9.16. The van der Waals surface area contributed by atoms with Crippen LogP contribution in [-0.4, -0.2) is 39.0 Å². The Morgan fingerprint density at radius 2 is 2.22 bits per heavy atom. The summed E-state index contributed by atoms with van der Waals surface area (Å²) in [5.74, 6) is -1.27. The monoisotopic (exact) mass is 246 g/mol. The maximum Gasteiger partial charge on any atom is 0.308 e. The van der Waals surface area contributed by atoms with E-state index < -0.39 is 11.9 Å². The van der Waals surface area contributed by atoms with Gasteiger partial charge in [0, 0.05) is 24.5 Å². The van der Waals surface area contributed by atoms with E-state index >= 15 is 0 Å². The number of fused-ring (bicyclic) bond motifs is 2. The zero-order chi connectivity index (χ0) is 12.7. The Morgan fingerprint density at radius 1 is 1.39 bits per heavy atom. The van der Waals surface area contributed by atoms with Crippen molar-refractivity contribution >= 4 is 11.9 Å². The third-order valence-corrected chi connectivity index (χ3v) is 4.00. The third-order valence-electron chi connectivity index (χ3n) is 4.00. The fourth-order valence-electron chi connectivity index (χ4n) is 3.21. The Hall–Kier alpha value is -1.91. The number of hydrogen-bond donors (Lipinski definition) is 1. The second-order valence-corrected chi connectivity index (χ2v) is 4.93. The van der Waals surface area contributed by atoms with Crippen molar-refractivity contribution in [3.63, 3.8) is 0 Å². The zero-order valence-electron chi connectivity index (χ0n) is 9.82. The van der Waals surface area contributed by atoms with Crippen molar-refractivity contribution in [2.45, 2.75) is 31.3 Å². The van der Waals surface area contributed by atoms with E-state index in [4.69, 9.17) is 5.11 Å². The second-order valence-electron chi connectivity index (χ2n) is 4.93. The number of hydrogen-bond acceptors (Lipinski definition) is 3. The molecular formula is C13H14N2O3.